The molecule has 0 amide bonds. The first kappa shape index (κ1) is 19.1. The maximum Gasteiger partial charge on any atom is 0.514 e. The highest BCUT2D eigenvalue weighted by Gasteiger charge is 2.28. The lowest BCUT2D eigenvalue weighted by Gasteiger charge is -2.18. The van der Waals surface area contributed by atoms with Crippen molar-refractivity contribution in [2.45, 2.75) is 41.1 Å². The van der Waals surface area contributed by atoms with Crippen LogP contribution in [0.2, 0.25) is 0 Å². The molecule has 3 rings (SSSR count). The topological polar surface area (TPSA) is 35.5 Å². The van der Waals surface area contributed by atoms with Crippen molar-refractivity contribution in [2.75, 3.05) is 0 Å². The first-order valence-electron chi connectivity index (χ1n) is 8.78. The zero-order chi connectivity index (χ0) is 19.3. The minimum Gasteiger partial charge on any atom is -0.428 e. The van der Waals surface area contributed by atoms with Gasteiger partial charge in [-0.15, -0.1) is 0 Å². The fourth-order valence-corrected chi connectivity index (χ4v) is 4.62. The Balaban J connectivity index is 1.85. The van der Waals surface area contributed by atoms with Crippen molar-refractivity contribution in [3.05, 3.63) is 84.9 Å². The van der Waals surface area contributed by atoms with Crippen LogP contribution in [0.3, 0.4) is 0 Å². The number of benzene rings is 3. The lowest BCUT2D eigenvalue weighted by Crippen LogP contribution is -2.25. The zero-order valence-electron chi connectivity index (χ0n) is 15.7. The Hall–Kier alpha value is -2.72. The van der Waals surface area contributed by atoms with Crippen LogP contribution in [-0.4, -0.2) is 11.8 Å². The first-order valence-corrected chi connectivity index (χ1v) is 10.0. The van der Waals surface area contributed by atoms with Crippen LogP contribution >= 0.6 is 0 Å². The number of ether oxygens (including phenoxy) is 2. The summed E-state index contributed by atoms with van der Waals surface area (Å²) in [6, 6.07) is 28.4. The van der Waals surface area contributed by atoms with Crippen LogP contribution < -0.4 is 4.74 Å². The van der Waals surface area contributed by atoms with E-state index in [1.165, 1.54) is 9.79 Å². The molecule has 0 saturated carbocycles. The van der Waals surface area contributed by atoms with Crippen LogP contribution in [0.5, 0.6) is 5.75 Å². The molecule has 0 radical (unpaired) electrons. The molecule has 0 heterocycles. The molecule has 0 aliphatic rings. The zero-order valence-corrected chi connectivity index (χ0v) is 16.5. The monoisotopic (exact) mass is 379 g/mol. The molecule has 3 nitrogen and oxygen atoms in total. The Kier molecular flexibility index (Phi) is 5.87. The molecule has 138 valence electrons. The Morgan fingerprint density at radius 3 is 1.59 bits per heavy atom. The molecule has 0 aliphatic carbocycles. The summed E-state index contributed by atoms with van der Waals surface area (Å²) in [7, 11) is -0.223. The van der Waals surface area contributed by atoms with Gasteiger partial charge in [-0.1, -0.05) is 36.4 Å². The predicted octanol–water partition coefficient (Wildman–Crippen LogP) is 6.10. The highest BCUT2D eigenvalue weighted by Crippen LogP contribution is 2.32. The van der Waals surface area contributed by atoms with Gasteiger partial charge in [-0.05, 0) is 69.3 Å². The predicted molar refractivity (Wildman–Crippen MR) is 108 cm³/mol. The first-order chi connectivity index (χ1) is 12.9. The van der Waals surface area contributed by atoms with Crippen molar-refractivity contribution in [1.82, 2.24) is 0 Å². The van der Waals surface area contributed by atoms with Gasteiger partial charge in [0.1, 0.15) is 11.4 Å². The Bertz CT molecular complexity index is 830. The number of hydrogen-bond acceptors (Lipinski definition) is 3. The van der Waals surface area contributed by atoms with Crippen molar-refractivity contribution in [3.8, 4) is 5.75 Å². The third-order valence-corrected chi connectivity index (χ3v) is 5.84. The quantitative estimate of drug-likeness (QED) is 0.312. The van der Waals surface area contributed by atoms with Crippen LogP contribution in [0.4, 0.5) is 4.79 Å². The van der Waals surface area contributed by atoms with Gasteiger partial charge in [-0.2, -0.15) is 0 Å². The largest absolute Gasteiger partial charge is 0.514 e. The molecule has 0 atom stereocenters. The standard InChI is InChI=1S/C23H23O3S/c1-23(2,3)26-22(24)25-18-14-16-21(17-15-18)27(19-10-6-4-7-11-19)20-12-8-5-9-13-20/h4-17H,1-3H3/q+1. The van der Waals surface area contributed by atoms with Gasteiger partial charge < -0.3 is 9.47 Å². The number of carbonyl (C=O) groups is 1. The summed E-state index contributed by atoms with van der Waals surface area (Å²) in [5.74, 6) is 0.470. The summed E-state index contributed by atoms with van der Waals surface area (Å²) in [6.07, 6.45) is -0.694. The van der Waals surface area contributed by atoms with Crippen LogP contribution in [0, 0.1) is 0 Å². The summed E-state index contributed by atoms with van der Waals surface area (Å²) >= 11 is 0. The van der Waals surface area contributed by atoms with E-state index in [2.05, 4.69) is 48.5 Å². The molecule has 0 aromatic heterocycles. The van der Waals surface area contributed by atoms with Gasteiger partial charge in [0, 0.05) is 0 Å². The van der Waals surface area contributed by atoms with Gasteiger partial charge in [-0.3, -0.25) is 0 Å². The van der Waals surface area contributed by atoms with Gasteiger partial charge in [-0.25, -0.2) is 4.79 Å². The van der Waals surface area contributed by atoms with E-state index in [1.807, 2.05) is 57.2 Å². The highest BCUT2D eigenvalue weighted by atomic mass is 32.2. The van der Waals surface area contributed by atoms with E-state index in [9.17, 15) is 4.79 Å². The van der Waals surface area contributed by atoms with E-state index in [1.54, 1.807) is 0 Å². The Morgan fingerprint density at radius 1 is 0.704 bits per heavy atom. The maximum absolute atomic E-state index is 11.8. The van der Waals surface area contributed by atoms with Crippen molar-refractivity contribution >= 4 is 17.1 Å². The number of rotatable bonds is 4. The van der Waals surface area contributed by atoms with Gasteiger partial charge in [0.15, 0.2) is 14.7 Å². The van der Waals surface area contributed by atoms with Crippen LogP contribution in [0.15, 0.2) is 99.6 Å². The minimum absolute atomic E-state index is 0.223. The van der Waals surface area contributed by atoms with E-state index in [4.69, 9.17) is 9.47 Å². The maximum atomic E-state index is 11.8. The van der Waals surface area contributed by atoms with Gasteiger partial charge >= 0.3 is 6.16 Å². The molecule has 0 N–H and O–H groups in total. The number of carbonyl (C=O) groups excluding carboxylic acids is 1. The van der Waals surface area contributed by atoms with Crippen molar-refractivity contribution in [2.24, 2.45) is 0 Å². The summed E-state index contributed by atoms with van der Waals surface area (Å²) in [6.45, 7) is 5.42. The van der Waals surface area contributed by atoms with E-state index >= 15 is 0 Å². The Labute approximate surface area is 163 Å². The third kappa shape index (κ3) is 5.38. The molecule has 27 heavy (non-hydrogen) atoms. The molecule has 4 heteroatoms. The molecule has 0 saturated heterocycles. The van der Waals surface area contributed by atoms with Gasteiger partial charge in [0.25, 0.3) is 0 Å². The average Bonchev–Trinajstić information content (AvgIpc) is 2.64. The summed E-state index contributed by atoms with van der Waals surface area (Å²) < 4.78 is 10.5. The normalized spacial score (nSPS) is 11.3. The second-order valence-corrected chi connectivity index (χ2v) is 9.00. The molecule has 3 aromatic carbocycles. The van der Waals surface area contributed by atoms with Crippen LogP contribution in [0.1, 0.15) is 20.8 Å². The summed E-state index contributed by atoms with van der Waals surface area (Å²) in [5, 5.41) is 0. The van der Waals surface area contributed by atoms with Crippen molar-refractivity contribution < 1.29 is 14.3 Å². The second kappa shape index (κ2) is 8.31. The molecule has 0 aliphatic heterocycles. The molecule has 0 unspecified atom stereocenters. The van der Waals surface area contributed by atoms with E-state index < -0.39 is 11.8 Å². The molecular weight excluding hydrogens is 356 g/mol. The molecular formula is C23H23O3S+. The highest BCUT2D eigenvalue weighted by molar-refractivity contribution is 7.97. The fourth-order valence-electron chi connectivity index (χ4n) is 2.53. The lowest BCUT2D eigenvalue weighted by atomic mass is 10.2. The summed E-state index contributed by atoms with van der Waals surface area (Å²) in [5.41, 5.74) is -0.579. The molecule has 3 aromatic rings. The Morgan fingerprint density at radius 2 is 1.15 bits per heavy atom. The molecule has 0 fully saturated rings. The van der Waals surface area contributed by atoms with Crippen LogP contribution in [0.25, 0.3) is 0 Å². The van der Waals surface area contributed by atoms with Gasteiger partial charge in [0.05, 0.1) is 10.9 Å². The van der Waals surface area contributed by atoms with E-state index in [0.717, 1.165) is 4.90 Å². The van der Waals surface area contributed by atoms with Gasteiger partial charge in [0.2, 0.25) is 0 Å². The lowest BCUT2D eigenvalue weighted by molar-refractivity contribution is 0.0206. The van der Waals surface area contributed by atoms with E-state index in [-0.39, 0.29) is 10.9 Å². The SMILES string of the molecule is CC(C)(C)OC(=O)Oc1ccc([S+](c2ccccc2)c2ccccc2)cc1. The fraction of sp³-hybridized carbons (Fsp3) is 0.174. The van der Waals surface area contributed by atoms with E-state index in [0.29, 0.717) is 5.75 Å². The smallest absolute Gasteiger partial charge is 0.428 e. The summed E-state index contributed by atoms with van der Waals surface area (Å²) in [4.78, 5) is 15.5. The average molecular weight is 380 g/mol. The third-order valence-electron chi connectivity index (χ3n) is 3.61. The van der Waals surface area contributed by atoms with Crippen molar-refractivity contribution in [3.63, 3.8) is 0 Å². The second-order valence-electron chi connectivity index (χ2n) is 6.97. The van der Waals surface area contributed by atoms with Crippen molar-refractivity contribution in [1.29, 1.82) is 0 Å². The van der Waals surface area contributed by atoms with Crippen LogP contribution in [-0.2, 0) is 15.6 Å². The minimum atomic E-state index is -0.694. The number of hydrogen-bond donors (Lipinski definition) is 0. The molecule has 0 spiro atoms. The molecule has 0 bridgehead atoms.